The molecule has 1 aromatic rings. The fraction of sp³-hybridized carbons (Fsp3) is 0.714. The molecule has 1 atom stereocenters. The Morgan fingerprint density at radius 2 is 2.14 bits per heavy atom. The van der Waals surface area contributed by atoms with Crippen LogP contribution < -0.4 is 10.5 Å². The Morgan fingerprint density at radius 1 is 1.43 bits per heavy atom. The third-order valence-corrected chi connectivity index (χ3v) is 4.78. The molecule has 0 aromatic carbocycles. The summed E-state index contributed by atoms with van der Waals surface area (Å²) in [6, 6.07) is 0. The number of halogens is 1. The van der Waals surface area contributed by atoms with Gasteiger partial charge in [0.1, 0.15) is 5.02 Å². The SMILES string of the molecule is Cn1ncc(N2CCCC(C3(C)OCCO3)C2)c(Cl)c1=O. The maximum absolute atomic E-state index is 11.9. The van der Waals surface area contributed by atoms with E-state index < -0.39 is 5.79 Å². The van der Waals surface area contributed by atoms with Crippen molar-refractivity contribution >= 4 is 17.3 Å². The molecule has 0 N–H and O–H groups in total. The Balaban J connectivity index is 1.83. The standard InChI is InChI=1S/C14H20ClN3O3/c1-14(20-6-7-21-14)10-4-3-5-18(9-10)11-8-16-17(2)13(19)12(11)15/h8,10H,3-7,9H2,1-2H3. The molecule has 0 saturated carbocycles. The fourth-order valence-electron chi connectivity index (χ4n) is 3.11. The molecule has 0 radical (unpaired) electrons. The Bertz CT molecular complexity index is 583. The van der Waals surface area contributed by atoms with Gasteiger partial charge in [0.25, 0.3) is 5.56 Å². The van der Waals surface area contributed by atoms with Crippen LogP contribution in [0.2, 0.25) is 5.02 Å². The second-order valence-electron chi connectivity index (χ2n) is 5.77. The predicted octanol–water partition coefficient (Wildman–Crippen LogP) is 1.41. The summed E-state index contributed by atoms with van der Waals surface area (Å²) in [5.41, 5.74) is 0.432. The number of ether oxygens (including phenoxy) is 2. The summed E-state index contributed by atoms with van der Waals surface area (Å²) in [5.74, 6) is -0.271. The van der Waals surface area contributed by atoms with E-state index in [2.05, 4.69) is 10.00 Å². The largest absolute Gasteiger partial charge is 0.368 e. The van der Waals surface area contributed by atoms with E-state index in [1.807, 2.05) is 6.92 Å². The van der Waals surface area contributed by atoms with Crippen molar-refractivity contribution in [3.8, 4) is 0 Å². The highest BCUT2D eigenvalue weighted by atomic mass is 35.5. The van der Waals surface area contributed by atoms with Crippen LogP contribution in [0.3, 0.4) is 0 Å². The summed E-state index contributed by atoms with van der Waals surface area (Å²) in [6.45, 7) is 4.90. The zero-order valence-corrected chi connectivity index (χ0v) is 13.1. The number of hydrogen-bond acceptors (Lipinski definition) is 5. The van der Waals surface area contributed by atoms with Gasteiger partial charge in [-0.3, -0.25) is 4.79 Å². The molecular weight excluding hydrogens is 294 g/mol. The van der Waals surface area contributed by atoms with Crippen molar-refractivity contribution in [1.29, 1.82) is 0 Å². The lowest BCUT2D eigenvalue weighted by Gasteiger charge is -2.40. The van der Waals surface area contributed by atoms with Crippen LogP contribution >= 0.6 is 11.6 Å². The zero-order valence-electron chi connectivity index (χ0n) is 12.3. The van der Waals surface area contributed by atoms with Crippen LogP contribution in [0.25, 0.3) is 0 Å². The molecule has 116 valence electrons. The van der Waals surface area contributed by atoms with Crippen molar-refractivity contribution in [1.82, 2.24) is 9.78 Å². The van der Waals surface area contributed by atoms with Crippen molar-refractivity contribution in [2.75, 3.05) is 31.2 Å². The van der Waals surface area contributed by atoms with Crippen LogP contribution in [0.1, 0.15) is 19.8 Å². The molecule has 2 aliphatic rings. The first kappa shape index (κ1) is 14.8. The van der Waals surface area contributed by atoms with Crippen molar-refractivity contribution in [3.63, 3.8) is 0 Å². The lowest BCUT2D eigenvalue weighted by Crippen LogP contribution is -2.47. The second kappa shape index (κ2) is 5.59. The van der Waals surface area contributed by atoms with Gasteiger partial charge in [0.15, 0.2) is 5.79 Å². The summed E-state index contributed by atoms with van der Waals surface area (Å²) in [6.07, 6.45) is 3.71. The van der Waals surface area contributed by atoms with Gasteiger partial charge in [0, 0.05) is 26.1 Å². The second-order valence-corrected chi connectivity index (χ2v) is 6.15. The number of anilines is 1. The molecule has 21 heavy (non-hydrogen) atoms. The normalized spacial score (nSPS) is 25.3. The summed E-state index contributed by atoms with van der Waals surface area (Å²) in [5, 5.41) is 4.30. The average molecular weight is 314 g/mol. The summed E-state index contributed by atoms with van der Waals surface area (Å²) >= 11 is 6.20. The third kappa shape index (κ3) is 2.67. The van der Waals surface area contributed by atoms with E-state index in [0.29, 0.717) is 18.9 Å². The zero-order chi connectivity index (χ0) is 15.0. The molecule has 0 spiro atoms. The summed E-state index contributed by atoms with van der Waals surface area (Å²) in [7, 11) is 1.60. The van der Waals surface area contributed by atoms with Crippen LogP contribution in [0.5, 0.6) is 0 Å². The van der Waals surface area contributed by atoms with Crippen LogP contribution in [0.4, 0.5) is 5.69 Å². The van der Waals surface area contributed by atoms with Gasteiger partial charge in [-0.1, -0.05) is 11.6 Å². The van der Waals surface area contributed by atoms with E-state index in [0.717, 1.165) is 25.9 Å². The molecular formula is C14H20ClN3O3. The molecule has 0 amide bonds. The lowest BCUT2D eigenvalue weighted by atomic mass is 9.90. The van der Waals surface area contributed by atoms with Crippen LogP contribution in [0.15, 0.2) is 11.0 Å². The van der Waals surface area contributed by atoms with E-state index in [9.17, 15) is 4.79 Å². The minimum atomic E-state index is -0.529. The average Bonchev–Trinajstić information content (AvgIpc) is 2.93. The topological polar surface area (TPSA) is 56.6 Å². The number of aryl methyl sites for hydroxylation is 1. The molecule has 3 heterocycles. The Morgan fingerprint density at radius 3 is 2.86 bits per heavy atom. The molecule has 7 heteroatoms. The monoisotopic (exact) mass is 313 g/mol. The van der Waals surface area contributed by atoms with Gasteiger partial charge in [-0.15, -0.1) is 0 Å². The van der Waals surface area contributed by atoms with Crippen LogP contribution in [0, 0.1) is 5.92 Å². The lowest BCUT2D eigenvalue weighted by molar-refractivity contribution is -0.182. The predicted molar refractivity (Wildman–Crippen MR) is 79.7 cm³/mol. The molecule has 0 aliphatic carbocycles. The summed E-state index contributed by atoms with van der Waals surface area (Å²) in [4.78, 5) is 14.0. The van der Waals surface area contributed by atoms with Crippen LogP contribution in [-0.4, -0.2) is 41.9 Å². The Kier molecular flexibility index (Phi) is 3.94. The van der Waals surface area contributed by atoms with Gasteiger partial charge in [-0.05, 0) is 19.8 Å². The molecule has 2 fully saturated rings. The first-order valence-electron chi connectivity index (χ1n) is 7.26. The molecule has 1 aromatic heterocycles. The van der Waals surface area contributed by atoms with Crippen molar-refractivity contribution in [2.45, 2.75) is 25.6 Å². The third-order valence-electron chi connectivity index (χ3n) is 4.42. The Labute approximate surface area is 128 Å². The molecule has 6 nitrogen and oxygen atoms in total. The maximum atomic E-state index is 11.9. The molecule has 0 bridgehead atoms. The Hall–Kier alpha value is -1.11. The van der Waals surface area contributed by atoms with Gasteiger partial charge >= 0.3 is 0 Å². The van der Waals surface area contributed by atoms with E-state index in [-0.39, 0.29) is 16.5 Å². The van der Waals surface area contributed by atoms with Crippen molar-refractivity contribution in [3.05, 3.63) is 21.6 Å². The number of aromatic nitrogens is 2. The van der Waals surface area contributed by atoms with E-state index in [1.54, 1.807) is 13.2 Å². The number of rotatable bonds is 2. The minimum absolute atomic E-state index is 0.228. The minimum Gasteiger partial charge on any atom is -0.368 e. The van der Waals surface area contributed by atoms with Crippen molar-refractivity contribution < 1.29 is 9.47 Å². The van der Waals surface area contributed by atoms with Gasteiger partial charge in [-0.2, -0.15) is 5.10 Å². The van der Waals surface area contributed by atoms with Crippen LogP contribution in [-0.2, 0) is 16.5 Å². The van der Waals surface area contributed by atoms with E-state index >= 15 is 0 Å². The highest BCUT2D eigenvalue weighted by molar-refractivity contribution is 6.33. The summed E-state index contributed by atoms with van der Waals surface area (Å²) < 4.78 is 12.8. The molecule has 2 saturated heterocycles. The number of hydrogen-bond donors (Lipinski definition) is 0. The number of piperidine rings is 1. The van der Waals surface area contributed by atoms with Crippen molar-refractivity contribution in [2.24, 2.45) is 13.0 Å². The quantitative estimate of drug-likeness (QED) is 0.826. The highest BCUT2D eigenvalue weighted by Crippen LogP contribution is 2.36. The molecule has 2 aliphatic heterocycles. The van der Waals surface area contributed by atoms with Gasteiger partial charge in [0.2, 0.25) is 0 Å². The fourth-order valence-corrected chi connectivity index (χ4v) is 3.40. The first-order valence-corrected chi connectivity index (χ1v) is 7.64. The van der Waals surface area contributed by atoms with Gasteiger partial charge in [0.05, 0.1) is 25.1 Å². The van der Waals surface area contributed by atoms with Gasteiger partial charge in [-0.25, -0.2) is 4.68 Å². The highest BCUT2D eigenvalue weighted by Gasteiger charge is 2.42. The smallest absolute Gasteiger partial charge is 0.287 e. The first-order chi connectivity index (χ1) is 10.0. The van der Waals surface area contributed by atoms with E-state index in [1.165, 1.54) is 4.68 Å². The molecule has 3 rings (SSSR count). The number of nitrogens with zero attached hydrogens (tertiary/aromatic N) is 3. The van der Waals surface area contributed by atoms with Gasteiger partial charge < -0.3 is 14.4 Å². The molecule has 1 unspecified atom stereocenters. The maximum Gasteiger partial charge on any atom is 0.287 e. The van der Waals surface area contributed by atoms with E-state index in [4.69, 9.17) is 21.1 Å².